The smallest absolute Gasteiger partial charge is 0.258 e. The summed E-state index contributed by atoms with van der Waals surface area (Å²) in [5, 5.41) is -1.22. The van der Waals surface area contributed by atoms with Crippen LogP contribution in [0.3, 0.4) is 0 Å². The quantitative estimate of drug-likeness (QED) is 0.539. The van der Waals surface area contributed by atoms with Crippen LogP contribution in [0.15, 0.2) is 84.0 Å². The highest BCUT2D eigenvalue weighted by atomic mass is 35.5. The summed E-state index contributed by atoms with van der Waals surface area (Å²) in [5.74, 6) is 0. The molecule has 5 nitrogen and oxygen atoms in total. The zero-order valence-corrected chi connectivity index (χ0v) is 17.3. The molecule has 2 heterocycles. The van der Waals surface area contributed by atoms with Gasteiger partial charge in [-0.3, -0.25) is 4.84 Å². The van der Waals surface area contributed by atoms with Crippen molar-refractivity contribution in [2.24, 2.45) is 0 Å². The second-order valence-corrected chi connectivity index (χ2v) is 9.40. The maximum Gasteiger partial charge on any atom is 0.418 e. The molecule has 0 saturated carbocycles. The fourth-order valence-electron chi connectivity index (χ4n) is 3.59. The minimum Gasteiger partial charge on any atom is -0.258 e. The van der Waals surface area contributed by atoms with Crippen LogP contribution < -0.4 is 5.06 Å². The van der Waals surface area contributed by atoms with E-state index >= 15 is 0 Å². The van der Waals surface area contributed by atoms with Crippen LogP contribution in [-0.2, 0) is 14.7 Å². The summed E-state index contributed by atoms with van der Waals surface area (Å²) in [4.78, 5) is 9.10. The fraction of sp³-hybridized carbons (Fsp3) is 0.190. The van der Waals surface area contributed by atoms with Crippen LogP contribution in [0.2, 0.25) is 5.02 Å². The summed E-state index contributed by atoms with van der Waals surface area (Å²) in [6.45, 7) is 0. The molecule has 1 saturated heterocycles. The summed E-state index contributed by atoms with van der Waals surface area (Å²) in [6, 6.07) is 16.8. The first-order chi connectivity index (χ1) is 14.7. The van der Waals surface area contributed by atoms with Crippen LogP contribution in [0, 0.1) is 0 Å². The van der Waals surface area contributed by atoms with Gasteiger partial charge in [0.15, 0.2) is 5.03 Å². The van der Waals surface area contributed by atoms with Gasteiger partial charge in [0, 0.05) is 11.2 Å². The number of pyridine rings is 1. The van der Waals surface area contributed by atoms with Gasteiger partial charge in [0.1, 0.15) is 11.3 Å². The van der Waals surface area contributed by atoms with Gasteiger partial charge in [0.2, 0.25) is 15.9 Å². The standard InChI is InChI=1S/C21H16ClF3N2O3S/c22-15-8-6-7-14(13-15)18-19(31(28,29)17-11-4-5-12-26-17)20(21(23,24)25)30-27(18)16-9-2-1-3-10-16/h1-13,18-20H/t18-,19-,20-/m1/s1. The Morgan fingerprint density at radius 2 is 1.68 bits per heavy atom. The number of hydrogen-bond acceptors (Lipinski definition) is 5. The highest BCUT2D eigenvalue weighted by molar-refractivity contribution is 7.92. The van der Waals surface area contributed by atoms with Gasteiger partial charge >= 0.3 is 6.18 Å². The van der Waals surface area contributed by atoms with Crippen molar-refractivity contribution in [3.05, 3.63) is 89.6 Å². The first-order valence-corrected chi connectivity index (χ1v) is 11.1. The van der Waals surface area contributed by atoms with E-state index in [0.29, 0.717) is 0 Å². The molecule has 162 valence electrons. The third-order valence-electron chi connectivity index (χ3n) is 4.90. The fourth-order valence-corrected chi connectivity index (χ4v) is 5.68. The summed E-state index contributed by atoms with van der Waals surface area (Å²) in [5.41, 5.74) is 0.549. The van der Waals surface area contributed by atoms with E-state index in [9.17, 15) is 21.6 Å². The van der Waals surface area contributed by atoms with Gasteiger partial charge in [0.05, 0.1) is 5.69 Å². The summed E-state index contributed by atoms with van der Waals surface area (Å²) >= 11 is 6.08. The number of hydrogen-bond donors (Lipinski definition) is 0. The largest absolute Gasteiger partial charge is 0.418 e. The maximum absolute atomic E-state index is 14.1. The molecule has 10 heteroatoms. The topological polar surface area (TPSA) is 59.5 Å². The Bertz CT molecular complexity index is 1160. The molecule has 1 aromatic heterocycles. The van der Waals surface area contributed by atoms with Gasteiger partial charge in [-0.05, 0) is 42.0 Å². The molecule has 0 unspecified atom stereocenters. The molecular weight excluding hydrogens is 453 g/mol. The Kier molecular flexibility index (Phi) is 5.67. The molecule has 3 aromatic rings. The molecule has 1 aliphatic heterocycles. The first kappa shape index (κ1) is 21.6. The lowest BCUT2D eigenvalue weighted by atomic mass is 10.0. The van der Waals surface area contributed by atoms with E-state index in [0.717, 1.165) is 5.06 Å². The molecule has 4 rings (SSSR count). The number of halogens is 4. The molecule has 0 radical (unpaired) electrons. The lowest BCUT2D eigenvalue weighted by Crippen LogP contribution is -2.43. The highest BCUT2D eigenvalue weighted by Crippen LogP contribution is 2.48. The molecule has 2 aromatic carbocycles. The predicted octanol–water partition coefficient (Wildman–Crippen LogP) is 5.00. The highest BCUT2D eigenvalue weighted by Gasteiger charge is 2.62. The third kappa shape index (κ3) is 4.13. The van der Waals surface area contributed by atoms with E-state index < -0.39 is 38.4 Å². The molecular formula is C21H16ClF3N2O3S. The number of alkyl halides is 3. The predicted molar refractivity (Wildman–Crippen MR) is 109 cm³/mol. The van der Waals surface area contributed by atoms with Crippen molar-refractivity contribution in [2.45, 2.75) is 28.6 Å². The molecule has 1 aliphatic rings. The van der Waals surface area contributed by atoms with E-state index in [-0.39, 0.29) is 16.3 Å². The second kappa shape index (κ2) is 8.14. The van der Waals surface area contributed by atoms with E-state index in [4.69, 9.17) is 16.4 Å². The Morgan fingerprint density at radius 1 is 0.968 bits per heavy atom. The molecule has 0 spiro atoms. The summed E-state index contributed by atoms with van der Waals surface area (Å²) in [6.07, 6.45) is -6.34. The number of hydroxylamine groups is 1. The number of sulfone groups is 1. The average Bonchev–Trinajstić information content (AvgIpc) is 3.17. The molecule has 3 atom stereocenters. The van der Waals surface area contributed by atoms with Crippen molar-refractivity contribution < 1.29 is 26.4 Å². The SMILES string of the molecule is O=S(=O)(c1ccccn1)[C@@H]1[C@@H](c2cccc(Cl)c2)N(c2ccccc2)O[C@H]1C(F)(F)F. The zero-order valence-electron chi connectivity index (χ0n) is 15.8. The molecule has 31 heavy (non-hydrogen) atoms. The van der Waals surface area contributed by atoms with Gasteiger partial charge in [-0.15, -0.1) is 0 Å². The zero-order chi connectivity index (χ0) is 22.2. The van der Waals surface area contributed by atoms with Crippen molar-refractivity contribution in [3.8, 4) is 0 Å². The number of nitrogens with zero attached hydrogens (tertiary/aromatic N) is 2. The van der Waals surface area contributed by atoms with Gasteiger partial charge in [-0.25, -0.2) is 18.5 Å². The number of para-hydroxylation sites is 1. The Balaban J connectivity index is 1.95. The molecule has 0 bridgehead atoms. The number of aromatic nitrogens is 1. The van der Waals surface area contributed by atoms with Gasteiger partial charge < -0.3 is 0 Å². The Labute approximate surface area is 181 Å². The minimum atomic E-state index is -4.95. The lowest BCUT2D eigenvalue weighted by Gasteiger charge is -2.27. The molecule has 0 aliphatic carbocycles. The third-order valence-corrected chi connectivity index (χ3v) is 7.18. The van der Waals surface area contributed by atoms with Crippen LogP contribution >= 0.6 is 11.6 Å². The molecule has 0 N–H and O–H groups in total. The van der Waals surface area contributed by atoms with Gasteiger partial charge in [0.25, 0.3) is 0 Å². The average molecular weight is 469 g/mol. The summed E-state index contributed by atoms with van der Waals surface area (Å²) in [7, 11) is -4.56. The Hall–Kier alpha value is -2.62. The molecule has 0 amide bonds. The van der Waals surface area contributed by atoms with Crippen molar-refractivity contribution in [2.75, 3.05) is 5.06 Å². The Morgan fingerprint density at radius 3 is 2.29 bits per heavy atom. The molecule has 1 fully saturated rings. The van der Waals surface area contributed by atoms with Gasteiger partial charge in [-0.2, -0.15) is 13.2 Å². The van der Waals surface area contributed by atoms with E-state index in [1.54, 1.807) is 42.5 Å². The van der Waals surface area contributed by atoms with E-state index in [1.165, 1.54) is 36.5 Å². The van der Waals surface area contributed by atoms with E-state index in [2.05, 4.69) is 4.98 Å². The number of benzene rings is 2. The normalized spacial score (nSPS) is 21.9. The van der Waals surface area contributed by atoms with Crippen LogP contribution in [-0.4, -0.2) is 30.9 Å². The number of anilines is 1. The van der Waals surface area contributed by atoms with Crippen LogP contribution in [0.25, 0.3) is 0 Å². The second-order valence-electron chi connectivity index (χ2n) is 6.91. The van der Waals surface area contributed by atoms with Crippen molar-refractivity contribution in [1.29, 1.82) is 0 Å². The van der Waals surface area contributed by atoms with Crippen LogP contribution in [0.1, 0.15) is 11.6 Å². The van der Waals surface area contributed by atoms with Crippen molar-refractivity contribution in [1.82, 2.24) is 4.98 Å². The first-order valence-electron chi connectivity index (χ1n) is 9.18. The summed E-state index contributed by atoms with van der Waals surface area (Å²) < 4.78 is 69.0. The van der Waals surface area contributed by atoms with Crippen LogP contribution in [0.5, 0.6) is 0 Å². The van der Waals surface area contributed by atoms with Crippen molar-refractivity contribution >= 4 is 27.1 Å². The number of rotatable bonds is 4. The van der Waals surface area contributed by atoms with Gasteiger partial charge in [-0.1, -0.05) is 48.0 Å². The maximum atomic E-state index is 14.1. The van der Waals surface area contributed by atoms with Crippen molar-refractivity contribution in [3.63, 3.8) is 0 Å². The van der Waals surface area contributed by atoms with Crippen LogP contribution in [0.4, 0.5) is 18.9 Å². The van der Waals surface area contributed by atoms with E-state index in [1.807, 2.05) is 0 Å². The minimum absolute atomic E-state index is 0.259. The monoisotopic (exact) mass is 468 g/mol. The lowest BCUT2D eigenvalue weighted by molar-refractivity contribution is -0.208.